The Hall–Kier alpha value is -3.28. The molecule has 24 heavy (non-hydrogen) atoms. The Morgan fingerprint density at radius 3 is 2.62 bits per heavy atom. The van der Waals surface area contributed by atoms with Gasteiger partial charge in [-0.2, -0.15) is 0 Å². The molecule has 118 valence electrons. The number of ether oxygens (including phenoxy) is 1. The lowest BCUT2D eigenvalue weighted by atomic mass is 10.1. The molecule has 6 heteroatoms. The molecule has 0 saturated carbocycles. The van der Waals surface area contributed by atoms with E-state index >= 15 is 0 Å². The summed E-state index contributed by atoms with van der Waals surface area (Å²) in [6, 6.07) is 11.7. The highest BCUT2D eigenvalue weighted by Crippen LogP contribution is 2.27. The Morgan fingerprint density at radius 1 is 0.958 bits per heavy atom. The van der Waals surface area contributed by atoms with Crippen molar-refractivity contribution in [3.05, 3.63) is 61.3 Å². The third kappa shape index (κ3) is 2.48. The zero-order chi connectivity index (χ0) is 16.4. The summed E-state index contributed by atoms with van der Waals surface area (Å²) in [5, 5.41) is 0. The van der Waals surface area contributed by atoms with Crippen molar-refractivity contribution in [1.29, 1.82) is 0 Å². The number of hydrogen-bond acceptors (Lipinski definition) is 5. The number of imidazole rings is 1. The molecule has 0 bridgehead atoms. The Morgan fingerprint density at radius 2 is 1.79 bits per heavy atom. The number of fused-ring (bicyclic) bond motifs is 1. The summed E-state index contributed by atoms with van der Waals surface area (Å²) in [6.45, 7) is 2.49. The molecule has 0 aliphatic heterocycles. The molecular weight excluding hydrogens is 302 g/mol. The van der Waals surface area contributed by atoms with Crippen LogP contribution >= 0.6 is 0 Å². The smallest absolute Gasteiger partial charge is 0.235 e. The fourth-order valence-electron chi connectivity index (χ4n) is 2.57. The van der Waals surface area contributed by atoms with Gasteiger partial charge in [0.15, 0.2) is 0 Å². The number of hydrogen-bond donors (Lipinski definition) is 0. The molecule has 6 nitrogen and oxygen atoms in total. The van der Waals surface area contributed by atoms with E-state index in [4.69, 9.17) is 4.74 Å². The van der Waals surface area contributed by atoms with Gasteiger partial charge in [-0.05, 0) is 31.2 Å². The third-order valence-corrected chi connectivity index (χ3v) is 3.67. The highest BCUT2D eigenvalue weighted by atomic mass is 16.5. The molecular formula is C18H15N5O. The van der Waals surface area contributed by atoms with Crippen LogP contribution in [0.3, 0.4) is 0 Å². The maximum Gasteiger partial charge on any atom is 0.235 e. The average Bonchev–Trinajstić information content (AvgIpc) is 3.07. The molecule has 4 aromatic rings. The second-order valence-corrected chi connectivity index (χ2v) is 5.16. The maximum atomic E-state index is 5.57. The van der Waals surface area contributed by atoms with E-state index in [-0.39, 0.29) is 0 Å². The van der Waals surface area contributed by atoms with Gasteiger partial charge in [-0.15, -0.1) is 0 Å². The lowest BCUT2D eigenvalue weighted by molar-refractivity contribution is 0.328. The largest absolute Gasteiger partial charge is 0.478 e. The van der Waals surface area contributed by atoms with Crippen molar-refractivity contribution < 1.29 is 4.74 Å². The Kier molecular flexibility index (Phi) is 3.63. The van der Waals surface area contributed by atoms with Gasteiger partial charge in [0.25, 0.3) is 0 Å². The molecule has 3 aromatic heterocycles. The monoisotopic (exact) mass is 317 g/mol. The SMILES string of the molecule is CCOc1ncccc1-c1cnc(-n2cnc3ccccc32)nc1. The molecule has 0 N–H and O–H groups in total. The number of benzene rings is 1. The van der Waals surface area contributed by atoms with Crippen molar-refractivity contribution in [1.82, 2.24) is 24.5 Å². The second-order valence-electron chi connectivity index (χ2n) is 5.16. The highest BCUT2D eigenvalue weighted by molar-refractivity contribution is 5.76. The Labute approximate surface area is 138 Å². The third-order valence-electron chi connectivity index (χ3n) is 3.67. The van der Waals surface area contributed by atoms with Gasteiger partial charge >= 0.3 is 0 Å². The number of aromatic nitrogens is 5. The standard InChI is InChI=1S/C18H15N5O/c1-2-24-17-14(6-5-9-19-17)13-10-20-18(21-11-13)23-12-22-15-7-3-4-8-16(15)23/h3-12H,2H2,1H3. The molecule has 0 amide bonds. The zero-order valence-electron chi connectivity index (χ0n) is 13.1. The van der Waals surface area contributed by atoms with Crippen LogP contribution in [0.1, 0.15) is 6.92 Å². The van der Waals surface area contributed by atoms with Crippen molar-refractivity contribution in [2.24, 2.45) is 0 Å². The second kappa shape index (κ2) is 6.08. The van der Waals surface area contributed by atoms with Crippen molar-refractivity contribution in [3.63, 3.8) is 0 Å². The van der Waals surface area contributed by atoms with E-state index in [1.807, 2.05) is 47.9 Å². The van der Waals surface area contributed by atoms with E-state index in [0.717, 1.165) is 22.2 Å². The minimum Gasteiger partial charge on any atom is -0.478 e. The van der Waals surface area contributed by atoms with Crippen LogP contribution in [-0.4, -0.2) is 31.1 Å². The van der Waals surface area contributed by atoms with E-state index in [1.165, 1.54) is 0 Å². The van der Waals surface area contributed by atoms with Crippen LogP contribution in [0.25, 0.3) is 28.1 Å². The minimum absolute atomic E-state index is 0.560. The van der Waals surface area contributed by atoms with E-state index in [9.17, 15) is 0 Å². The van der Waals surface area contributed by atoms with Crippen molar-refractivity contribution in [2.75, 3.05) is 6.61 Å². The quantitative estimate of drug-likeness (QED) is 0.578. The molecule has 0 spiro atoms. The van der Waals surface area contributed by atoms with Crippen LogP contribution in [0.5, 0.6) is 5.88 Å². The Bertz CT molecular complexity index is 978. The molecule has 0 aliphatic carbocycles. The minimum atomic E-state index is 0.560. The van der Waals surface area contributed by atoms with Gasteiger partial charge in [0.05, 0.1) is 17.6 Å². The highest BCUT2D eigenvalue weighted by Gasteiger charge is 2.10. The predicted molar refractivity (Wildman–Crippen MR) is 91.1 cm³/mol. The molecule has 0 fully saturated rings. The van der Waals surface area contributed by atoms with Crippen LogP contribution in [0.2, 0.25) is 0 Å². The van der Waals surface area contributed by atoms with Crippen LogP contribution in [-0.2, 0) is 0 Å². The fraction of sp³-hybridized carbons (Fsp3) is 0.111. The summed E-state index contributed by atoms with van der Waals surface area (Å²) in [4.78, 5) is 17.6. The maximum absolute atomic E-state index is 5.57. The van der Waals surface area contributed by atoms with Gasteiger partial charge in [0.2, 0.25) is 11.8 Å². The van der Waals surface area contributed by atoms with Gasteiger partial charge in [-0.25, -0.2) is 19.9 Å². The van der Waals surface area contributed by atoms with E-state index in [1.54, 1.807) is 24.9 Å². The topological polar surface area (TPSA) is 65.7 Å². The molecule has 0 radical (unpaired) electrons. The first-order chi connectivity index (χ1) is 11.9. The van der Waals surface area contributed by atoms with Crippen LogP contribution in [0, 0.1) is 0 Å². The van der Waals surface area contributed by atoms with Crippen LogP contribution in [0.15, 0.2) is 61.3 Å². The van der Waals surface area contributed by atoms with Gasteiger partial charge in [0, 0.05) is 29.7 Å². The molecule has 1 aromatic carbocycles. The fourth-order valence-corrected chi connectivity index (χ4v) is 2.57. The number of para-hydroxylation sites is 2. The van der Waals surface area contributed by atoms with Crippen molar-refractivity contribution in [2.45, 2.75) is 6.92 Å². The number of pyridine rings is 1. The summed E-state index contributed by atoms with van der Waals surface area (Å²) in [6.07, 6.45) is 6.99. The molecule has 0 aliphatic rings. The first-order valence-corrected chi connectivity index (χ1v) is 7.69. The van der Waals surface area contributed by atoms with Crippen LogP contribution < -0.4 is 4.74 Å². The predicted octanol–water partition coefficient (Wildman–Crippen LogP) is 3.28. The van der Waals surface area contributed by atoms with E-state index in [2.05, 4.69) is 19.9 Å². The van der Waals surface area contributed by atoms with E-state index < -0.39 is 0 Å². The molecule has 3 heterocycles. The lowest BCUT2D eigenvalue weighted by Gasteiger charge is -2.09. The van der Waals surface area contributed by atoms with Crippen LogP contribution in [0.4, 0.5) is 0 Å². The first-order valence-electron chi connectivity index (χ1n) is 7.69. The van der Waals surface area contributed by atoms with Crippen molar-refractivity contribution in [3.8, 4) is 23.0 Å². The van der Waals surface area contributed by atoms with Gasteiger partial charge in [-0.1, -0.05) is 12.1 Å². The van der Waals surface area contributed by atoms with Gasteiger partial charge in [0.1, 0.15) is 6.33 Å². The Balaban J connectivity index is 1.73. The first kappa shape index (κ1) is 14.3. The number of rotatable bonds is 4. The summed E-state index contributed by atoms with van der Waals surface area (Å²) in [7, 11) is 0. The van der Waals surface area contributed by atoms with Gasteiger partial charge < -0.3 is 4.74 Å². The average molecular weight is 317 g/mol. The number of nitrogens with zero attached hydrogens (tertiary/aromatic N) is 5. The zero-order valence-corrected chi connectivity index (χ0v) is 13.1. The van der Waals surface area contributed by atoms with Crippen molar-refractivity contribution >= 4 is 11.0 Å². The summed E-state index contributed by atoms with van der Waals surface area (Å²) >= 11 is 0. The lowest BCUT2D eigenvalue weighted by Crippen LogP contribution is -2.01. The summed E-state index contributed by atoms with van der Waals surface area (Å²) < 4.78 is 7.44. The van der Waals surface area contributed by atoms with E-state index in [0.29, 0.717) is 18.4 Å². The molecule has 0 saturated heterocycles. The molecule has 0 unspecified atom stereocenters. The summed E-state index contributed by atoms with van der Waals surface area (Å²) in [5.41, 5.74) is 3.62. The summed E-state index contributed by atoms with van der Waals surface area (Å²) in [5.74, 6) is 1.17. The van der Waals surface area contributed by atoms with Gasteiger partial charge in [-0.3, -0.25) is 4.57 Å². The molecule has 4 rings (SSSR count). The normalized spacial score (nSPS) is 10.9. The molecule has 0 atom stereocenters.